The second-order valence-electron chi connectivity index (χ2n) is 8.74. The maximum atomic E-state index is 14.6. The van der Waals surface area contributed by atoms with Crippen molar-refractivity contribution in [1.82, 2.24) is 4.98 Å². The molecule has 34 heavy (non-hydrogen) atoms. The van der Waals surface area contributed by atoms with Gasteiger partial charge in [0.25, 0.3) is 0 Å². The number of rotatable bonds is 9. The number of nitrogens with zero attached hydrogens (tertiary/aromatic N) is 2. The Morgan fingerprint density at radius 3 is 2.71 bits per heavy atom. The van der Waals surface area contributed by atoms with Crippen molar-refractivity contribution < 1.29 is 14.2 Å². The average molecular weight is 499 g/mol. The molecule has 0 amide bonds. The standard InChI is InChI=1S/C27H28ClFN2O2S/c1-5-10-31(24(12-18-6-7-18)19-8-9-20(15-32)23(29)13-19)27-30-26(17(3)34-27)21-11-16(2)25(33-4)14-22(21)28/h1,8-9,11,13-14,18,24,32H,6-7,10,12,15H2,2-4H3. The van der Waals surface area contributed by atoms with E-state index in [9.17, 15) is 9.50 Å². The zero-order valence-electron chi connectivity index (χ0n) is 19.6. The second-order valence-corrected chi connectivity index (χ2v) is 10.3. The summed E-state index contributed by atoms with van der Waals surface area (Å²) in [5.74, 6) is 3.68. The summed E-state index contributed by atoms with van der Waals surface area (Å²) in [6, 6.07) is 8.74. The van der Waals surface area contributed by atoms with Crippen LogP contribution in [0.15, 0.2) is 30.3 Å². The first-order chi connectivity index (χ1) is 16.4. The van der Waals surface area contributed by atoms with Gasteiger partial charge in [0.05, 0.1) is 37.0 Å². The van der Waals surface area contributed by atoms with Crippen LogP contribution in [-0.2, 0) is 6.61 Å². The Labute approximate surface area is 209 Å². The molecule has 1 heterocycles. The lowest BCUT2D eigenvalue weighted by molar-refractivity contribution is 0.275. The lowest BCUT2D eigenvalue weighted by Crippen LogP contribution is -2.29. The summed E-state index contributed by atoms with van der Waals surface area (Å²) in [5.41, 5.74) is 3.75. The number of hydrogen-bond acceptors (Lipinski definition) is 5. The predicted molar refractivity (Wildman–Crippen MR) is 137 cm³/mol. The van der Waals surface area contributed by atoms with Crippen LogP contribution in [0.5, 0.6) is 5.75 Å². The molecule has 1 aliphatic carbocycles. The minimum Gasteiger partial charge on any atom is -0.496 e. The third-order valence-corrected chi connectivity index (χ3v) is 7.61. The first-order valence-corrected chi connectivity index (χ1v) is 12.5. The molecule has 0 spiro atoms. The molecule has 2 aromatic carbocycles. The zero-order chi connectivity index (χ0) is 24.4. The summed E-state index contributed by atoms with van der Waals surface area (Å²) in [6.07, 6.45) is 8.98. The Hall–Kier alpha value is -2.59. The number of anilines is 1. The van der Waals surface area contributed by atoms with Gasteiger partial charge >= 0.3 is 0 Å². The highest BCUT2D eigenvalue weighted by molar-refractivity contribution is 7.16. The molecule has 1 fully saturated rings. The van der Waals surface area contributed by atoms with Crippen LogP contribution in [0.3, 0.4) is 0 Å². The largest absolute Gasteiger partial charge is 0.496 e. The number of halogens is 2. The van der Waals surface area contributed by atoms with Gasteiger partial charge in [0.1, 0.15) is 11.6 Å². The number of aliphatic hydroxyl groups excluding tert-OH is 1. The van der Waals surface area contributed by atoms with Crippen molar-refractivity contribution in [2.24, 2.45) is 5.92 Å². The maximum absolute atomic E-state index is 14.6. The molecular formula is C27H28ClFN2O2S. The molecule has 3 aromatic rings. The summed E-state index contributed by atoms with van der Waals surface area (Å²) in [4.78, 5) is 8.09. The van der Waals surface area contributed by atoms with Gasteiger partial charge in [0.2, 0.25) is 0 Å². The number of methoxy groups -OCH3 is 1. The smallest absolute Gasteiger partial charge is 0.187 e. The highest BCUT2D eigenvalue weighted by atomic mass is 35.5. The fourth-order valence-electron chi connectivity index (χ4n) is 4.24. The number of aryl methyl sites for hydroxylation is 2. The van der Waals surface area contributed by atoms with Crippen LogP contribution in [0.1, 0.15) is 46.9 Å². The lowest BCUT2D eigenvalue weighted by atomic mass is 9.98. The summed E-state index contributed by atoms with van der Waals surface area (Å²) in [6.45, 7) is 4.02. The van der Waals surface area contributed by atoms with Gasteiger partial charge in [-0.3, -0.25) is 0 Å². The van der Waals surface area contributed by atoms with Crippen LogP contribution >= 0.6 is 22.9 Å². The first-order valence-electron chi connectivity index (χ1n) is 11.3. The van der Waals surface area contributed by atoms with Crippen LogP contribution < -0.4 is 9.64 Å². The minimum atomic E-state index is -0.405. The Bertz CT molecular complexity index is 1230. The number of aromatic nitrogens is 1. The van der Waals surface area contributed by atoms with E-state index in [0.717, 1.165) is 44.6 Å². The predicted octanol–water partition coefficient (Wildman–Crippen LogP) is 6.70. The summed E-state index contributed by atoms with van der Waals surface area (Å²) >= 11 is 8.15. The first kappa shape index (κ1) is 24.5. The van der Waals surface area contributed by atoms with Gasteiger partial charge in [0.15, 0.2) is 5.13 Å². The van der Waals surface area contributed by atoms with Crippen molar-refractivity contribution in [3.8, 4) is 29.4 Å². The molecule has 0 aliphatic heterocycles. The van der Waals surface area contributed by atoms with E-state index in [0.29, 0.717) is 17.5 Å². The van der Waals surface area contributed by atoms with E-state index in [4.69, 9.17) is 27.7 Å². The van der Waals surface area contributed by atoms with Crippen molar-refractivity contribution in [1.29, 1.82) is 0 Å². The quantitative estimate of drug-likeness (QED) is 0.333. The Morgan fingerprint density at radius 1 is 1.32 bits per heavy atom. The number of ether oxygens (including phenoxy) is 1. The van der Waals surface area contributed by atoms with Crippen molar-refractivity contribution in [3.05, 3.63) is 62.7 Å². The van der Waals surface area contributed by atoms with E-state index in [1.54, 1.807) is 24.5 Å². The van der Waals surface area contributed by atoms with Crippen molar-refractivity contribution in [2.75, 3.05) is 18.6 Å². The van der Waals surface area contributed by atoms with E-state index < -0.39 is 5.82 Å². The second kappa shape index (κ2) is 10.4. The highest BCUT2D eigenvalue weighted by Crippen LogP contribution is 2.44. The fraction of sp³-hybridized carbons (Fsp3) is 0.370. The van der Waals surface area contributed by atoms with Crippen LogP contribution in [0.25, 0.3) is 11.3 Å². The molecular weight excluding hydrogens is 471 g/mol. The number of terminal acetylenes is 1. The van der Waals surface area contributed by atoms with Crippen LogP contribution in [-0.4, -0.2) is 23.7 Å². The van der Waals surface area contributed by atoms with Gasteiger partial charge in [-0.15, -0.1) is 17.8 Å². The molecule has 0 saturated heterocycles. The van der Waals surface area contributed by atoms with Gasteiger partial charge < -0.3 is 14.7 Å². The van der Waals surface area contributed by atoms with E-state index >= 15 is 0 Å². The third kappa shape index (κ3) is 5.07. The van der Waals surface area contributed by atoms with E-state index in [-0.39, 0.29) is 18.2 Å². The summed E-state index contributed by atoms with van der Waals surface area (Å²) in [5, 5.41) is 10.7. The SMILES string of the molecule is C#CCN(c1nc(-c2cc(C)c(OC)cc2Cl)c(C)s1)C(CC1CC1)c1ccc(CO)c(F)c1. The van der Waals surface area contributed by atoms with Crippen molar-refractivity contribution >= 4 is 28.1 Å². The summed E-state index contributed by atoms with van der Waals surface area (Å²) < 4.78 is 20.0. The molecule has 1 aliphatic rings. The van der Waals surface area contributed by atoms with Crippen molar-refractivity contribution in [3.63, 3.8) is 0 Å². The molecule has 1 atom stereocenters. The topological polar surface area (TPSA) is 45.6 Å². The molecule has 1 N–H and O–H groups in total. The molecule has 1 unspecified atom stereocenters. The molecule has 7 heteroatoms. The minimum absolute atomic E-state index is 0.114. The number of aliphatic hydroxyl groups is 1. The number of benzene rings is 2. The molecule has 0 radical (unpaired) electrons. The van der Waals surface area contributed by atoms with Gasteiger partial charge in [0, 0.05) is 16.0 Å². The Kier molecular flexibility index (Phi) is 7.47. The Morgan fingerprint density at radius 2 is 2.09 bits per heavy atom. The fourth-order valence-corrected chi connectivity index (χ4v) is 5.46. The Balaban J connectivity index is 1.76. The molecule has 4 rings (SSSR count). The van der Waals surface area contributed by atoms with Crippen LogP contribution in [0, 0.1) is 37.9 Å². The molecule has 4 nitrogen and oxygen atoms in total. The van der Waals surface area contributed by atoms with Crippen molar-refractivity contribution in [2.45, 2.75) is 45.8 Å². The average Bonchev–Trinajstić information content (AvgIpc) is 3.56. The maximum Gasteiger partial charge on any atom is 0.187 e. The van der Waals surface area contributed by atoms with Gasteiger partial charge in [-0.2, -0.15) is 0 Å². The monoisotopic (exact) mass is 498 g/mol. The highest BCUT2D eigenvalue weighted by Gasteiger charge is 2.32. The van der Waals surface area contributed by atoms with E-state index in [2.05, 4.69) is 10.8 Å². The van der Waals surface area contributed by atoms with Crippen LogP contribution in [0.2, 0.25) is 5.02 Å². The van der Waals surface area contributed by atoms with Gasteiger partial charge in [-0.25, -0.2) is 9.37 Å². The molecule has 0 bridgehead atoms. The van der Waals surface area contributed by atoms with Gasteiger partial charge in [-0.05, 0) is 55.5 Å². The summed E-state index contributed by atoms with van der Waals surface area (Å²) in [7, 11) is 1.62. The zero-order valence-corrected chi connectivity index (χ0v) is 21.1. The third-order valence-electron chi connectivity index (χ3n) is 6.29. The van der Waals surface area contributed by atoms with E-state index in [1.807, 2.05) is 32.0 Å². The number of thiazole rings is 1. The van der Waals surface area contributed by atoms with Crippen LogP contribution in [0.4, 0.5) is 9.52 Å². The molecule has 1 saturated carbocycles. The van der Waals surface area contributed by atoms with Gasteiger partial charge in [-0.1, -0.05) is 42.5 Å². The normalized spacial score (nSPS) is 14.0. The molecule has 178 valence electrons. The molecule has 1 aromatic heterocycles. The lowest BCUT2D eigenvalue weighted by Gasteiger charge is -2.31. The number of hydrogen-bond donors (Lipinski definition) is 1. The van der Waals surface area contributed by atoms with E-state index in [1.165, 1.54) is 18.9 Å².